The van der Waals surface area contributed by atoms with Gasteiger partial charge in [-0.1, -0.05) is 0 Å². The van der Waals surface area contributed by atoms with E-state index in [4.69, 9.17) is 44.6 Å². The van der Waals surface area contributed by atoms with Crippen LogP contribution in [0.15, 0.2) is 58.8 Å². The summed E-state index contributed by atoms with van der Waals surface area (Å²) < 4.78 is 41.8. The molecule has 330 valence electrons. The molecule has 0 aromatic heterocycles. The summed E-state index contributed by atoms with van der Waals surface area (Å²) in [5.74, 6) is -2.05. The minimum atomic E-state index is -0.953. The quantitative estimate of drug-likeness (QED) is 0.0380. The molecule has 2 aromatic rings. The SMILES string of the molecule is COC(=O)[C@@H](CCCC(=O)Nc1ccc(N=Nc2ccc(NCCNC(=O)CCOCCOCCOCCOCCOCCOCCN)cc2)cc1)C[C@H](N)C(=O)OC. The number of ether oxygens (including phenoxy) is 8. The fraction of sp³-hybridized carbons (Fsp3) is 0.600. The molecule has 2 atom stereocenters. The molecule has 2 aromatic carbocycles. The molecule has 0 bridgehead atoms. The number of nitrogens with two attached hydrogens (primary N) is 2. The number of benzene rings is 2. The lowest BCUT2D eigenvalue weighted by Gasteiger charge is -2.17. The first-order valence-corrected chi connectivity index (χ1v) is 19.8. The van der Waals surface area contributed by atoms with Crippen LogP contribution in [0.3, 0.4) is 0 Å². The molecule has 0 radical (unpaired) electrons. The molecule has 2 rings (SSSR count). The second-order valence-electron chi connectivity index (χ2n) is 12.8. The Morgan fingerprint density at radius 2 is 1.07 bits per heavy atom. The highest BCUT2D eigenvalue weighted by Gasteiger charge is 2.26. The zero-order valence-electron chi connectivity index (χ0n) is 34.4. The van der Waals surface area contributed by atoms with E-state index in [2.05, 4.69) is 30.9 Å². The summed E-state index contributed by atoms with van der Waals surface area (Å²) in [6.07, 6.45) is 1.22. The first kappa shape index (κ1) is 50.5. The van der Waals surface area contributed by atoms with Gasteiger partial charge in [-0.05, 0) is 67.8 Å². The van der Waals surface area contributed by atoms with Crippen LogP contribution in [0.5, 0.6) is 0 Å². The van der Waals surface area contributed by atoms with Crippen LogP contribution < -0.4 is 27.4 Å². The summed E-state index contributed by atoms with van der Waals surface area (Å²) in [7, 11) is 2.49. The van der Waals surface area contributed by atoms with E-state index in [0.29, 0.717) is 129 Å². The first-order valence-electron chi connectivity index (χ1n) is 19.8. The minimum absolute atomic E-state index is 0.0686. The predicted octanol–water partition coefficient (Wildman–Crippen LogP) is 2.87. The maximum atomic E-state index is 12.5. The van der Waals surface area contributed by atoms with Gasteiger partial charge in [-0.2, -0.15) is 10.2 Å². The monoisotopic (exact) mass is 833 g/mol. The van der Waals surface area contributed by atoms with Crippen molar-refractivity contribution >= 4 is 46.5 Å². The highest BCUT2D eigenvalue weighted by molar-refractivity contribution is 5.90. The third-order valence-electron chi connectivity index (χ3n) is 8.20. The number of esters is 2. The van der Waals surface area contributed by atoms with Crippen LogP contribution in [-0.2, 0) is 57.1 Å². The van der Waals surface area contributed by atoms with Crippen molar-refractivity contribution in [1.29, 1.82) is 0 Å². The van der Waals surface area contributed by atoms with Gasteiger partial charge in [0, 0.05) is 43.9 Å². The lowest BCUT2D eigenvalue weighted by Crippen LogP contribution is -2.35. The molecule has 0 unspecified atom stereocenters. The summed E-state index contributed by atoms with van der Waals surface area (Å²) in [6, 6.07) is 13.3. The number of anilines is 2. The summed E-state index contributed by atoms with van der Waals surface area (Å²) >= 11 is 0. The number of rotatable bonds is 35. The van der Waals surface area contributed by atoms with Crippen molar-refractivity contribution in [3.8, 4) is 0 Å². The molecule has 19 nitrogen and oxygen atoms in total. The van der Waals surface area contributed by atoms with Crippen LogP contribution >= 0.6 is 0 Å². The molecule has 0 spiro atoms. The number of carbonyl (C=O) groups excluding carboxylic acids is 4. The van der Waals surface area contributed by atoms with Gasteiger partial charge >= 0.3 is 11.9 Å². The van der Waals surface area contributed by atoms with Gasteiger partial charge in [-0.3, -0.25) is 19.2 Å². The molecule has 0 aliphatic rings. The topological polar surface area (TPSA) is 255 Å². The summed E-state index contributed by atoms with van der Waals surface area (Å²) in [4.78, 5) is 48.3. The fourth-order valence-electron chi connectivity index (χ4n) is 5.11. The van der Waals surface area contributed by atoms with Crippen molar-refractivity contribution in [3.63, 3.8) is 0 Å². The molecule has 19 heteroatoms. The van der Waals surface area contributed by atoms with E-state index in [-0.39, 0.29) is 31.1 Å². The maximum absolute atomic E-state index is 12.5. The number of carbonyl (C=O) groups is 4. The highest BCUT2D eigenvalue weighted by Crippen LogP contribution is 2.22. The van der Waals surface area contributed by atoms with E-state index in [1.165, 1.54) is 14.2 Å². The minimum Gasteiger partial charge on any atom is -0.469 e. The van der Waals surface area contributed by atoms with Gasteiger partial charge in [0.05, 0.1) is 111 Å². The highest BCUT2D eigenvalue weighted by atomic mass is 16.6. The summed E-state index contributed by atoms with van der Waals surface area (Å²) in [5.41, 5.74) is 13.8. The van der Waals surface area contributed by atoms with Crippen LogP contribution in [-0.4, -0.2) is 143 Å². The lowest BCUT2D eigenvalue weighted by atomic mass is 9.94. The Balaban J connectivity index is 1.49. The van der Waals surface area contributed by atoms with Gasteiger partial charge < -0.3 is 65.3 Å². The van der Waals surface area contributed by atoms with Crippen LogP contribution in [0, 0.1) is 5.92 Å². The second kappa shape index (κ2) is 33.3. The fourth-order valence-corrected chi connectivity index (χ4v) is 5.11. The Kier molecular flexibility index (Phi) is 28.5. The van der Waals surface area contributed by atoms with E-state index in [1.807, 2.05) is 24.3 Å². The van der Waals surface area contributed by atoms with Gasteiger partial charge in [0.25, 0.3) is 0 Å². The van der Waals surface area contributed by atoms with Crippen LogP contribution in [0.2, 0.25) is 0 Å². The lowest BCUT2D eigenvalue weighted by molar-refractivity contribution is -0.148. The van der Waals surface area contributed by atoms with E-state index in [0.717, 1.165) is 5.69 Å². The third kappa shape index (κ3) is 25.5. The van der Waals surface area contributed by atoms with Crippen LogP contribution in [0.4, 0.5) is 22.7 Å². The number of azo groups is 1. The second-order valence-corrected chi connectivity index (χ2v) is 12.8. The van der Waals surface area contributed by atoms with Crippen molar-refractivity contribution in [2.24, 2.45) is 27.6 Å². The molecule has 0 heterocycles. The zero-order chi connectivity index (χ0) is 42.8. The molecule has 0 aliphatic heterocycles. The average Bonchev–Trinajstić information content (AvgIpc) is 3.25. The van der Waals surface area contributed by atoms with Crippen molar-refractivity contribution in [1.82, 2.24) is 5.32 Å². The van der Waals surface area contributed by atoms with E-state index < -0.39 is 23.9 Å². The van der Waals surface area contributed by atoms with Gasteiger partial charge in [-0.25, -0.2) is 0 Å². The number of amides is 2. The Labute approximate surface area is 346 Å². The van der Waals surface area contributed by atoms with Gasteiger partial charge in [-0.15, -0.1) is 0 Å². The van der Waals surface area contributed by atoms with Crippen molar-refractivity contribution in [2.45, 2.75) is 38.1 Å². The smallest absolute Gasteiger partial charge is 0.322 e. The molecule has 2 amide bonds. The van der Waals surface area contributed by atoms with Crippen LogP contribution in [0.1, 0.15) is 32.1 Å². The number of nitrogens with zero attached hydrogens (tertiary/aromatic N) is 2. The average molecular weight is 834 g/mol. The first-order chi connectivity index (χ1) is 28.7. The molecule has 0 saturated heterocycles. The molecule has 0 fully saturated rings. The van der Waals surface area contributed by atoms with Crippen molar-refractivity contribution < 1.29 is 57.1 Å². The van der Waals surface area contributed by atoms with Gasteiger partial charge in [0.1, 0.15) is 6.04 Å². The van der Waals surface area contributed by atoms with Crippen molar-refractivity contribution in [2.75, 3.05) is 124 Å². The standard InChI is InChI=1S/C40H63N7O12/c1-52-39(50)31(30-36(42)40(51)53-2)4-3-5-38(49)45-33-8-12-35(13-9-33)47-46-34-10-6-32(7-11-34)43-16-17-44-37(48)14-18-54-20-22-56-24-26-58-28-29-59-27-25-57-23-21-55-19-15-41/h6-13,31,36,43H,3-5,14-30,41-42H2,1-2H3,(H,44,48)(H,45,49)/t31-,36-/m0/s1. The summed E-state index contributed by atoms with van der Waals surface area (Å²) in [5, 5.41) is 17.5. The zero-order valence-corrected chi connectivity index (χ0v) is 34.4. The Morgan fingerprint density at radius 1 is 0.593 bits per heavy atom. The number of hydrogen-bond acceptors (Lipinski definition) is 17. The molecular formula is C40H63N7O12. The Hall–Kier alpha value is -4.60. The van der Waals surface area contributed by atoms with Gasteiger partial charge in [0.2, 0.25) is 11.8 Å². The molecule has 0 saturated carbocycles. The molecular weight excluding hydrogens is 770 g/mol. The van der Waals surface area contributed by atoms with Crippen molar-refractivity contribution in [3.05, 3.63) is 48.5 Å². The van der Waals surface area contributed by atoms with E-state index >= 15 is 0 Å². The van der Waals surface area contributed by atoms with Crippen LogP contribution in [0.25, 0.3) is 0 Å². The molecule has 0 aliphatic carbocycles. The summed E-state index contributed by atoms with van der Waals surface area (Å²) in [6.45, 7) is 7.05. The van der Waals surface area contributed by atoms with Gasteiger partial charge in [0.15, 0.2) is 0 Å². The third-order valence-corrected chi connectivity index (χ3v) is 8.20. The normalized spacial score (nSPS) is 12.2. The number of nitrogens with one attached hydrogen (secondary N) is 3. The Bertz CT molecular complexity index is 1470. The number of hydrogen-bond donors (Lipinski definition) is 5. The largest absolute Gasteiger partial charge is 0.469 e. The maximum Gasteiger partial charge on any atom is 0.322 e. The van der Waals surface area contributed by atoms with E-state index in [1.54, 1.807) is 24.3 Å². The predicted molar refractivity (Wildman–Crippen MR) is 220 cm³/mol. The Morgan fingerprint density at radius 3 is 1.56 bits per heavy atom. The number of methoxy groups -OCH3 is 2. The molecule has 59 heavy (non-hydrogen) atoms. The molecule has 7 N–H and O–H groups in total. The van der Waals surface area contributed by atoms with E-state index in [9.17, 15) is 19.2 Å².